The molecule has 2 heterocycles. The van der Waals surface area contributed by atoms with Gasteiger partial charge < -0.3 is 5.73 Å². The van der Waals surface area contributed by atoms with E-state index in [1.165, 1.54) is 22.5 Å². The minimum absolute atomic E-state index is 0.258. The van der Waals surface area contributed by atoms with Gasteiger partial charge in [-0.1, -0.05) is 6.92 Å². The van der Waals surface area contributed by atoms with Crippen molar-refractivity contribution in [3.05, 3.63) is 30.1 Å². The van der Waals surface area contributed by atoms with E-state index in [0.29, 0.717) is 5.82 Å². The highest BCUT2D eigenvalue weighted by molar-refractivity contribution is 7.99. The number of hydrogen-bond donors (Lipinski definition) is 1. The van der Waals surface area contributed by atoms with Crippen molar-refractivity contribution in [2.45, 2.75) is 18.0 Å². The first kappa shape index (κ1) is 13.7. The molecule has 0 saturated heterocycles. The number of hydrogen-bond acceptors (Lipinski definition) is 4. The van der Waals surface area contributed by atoms with E-state index in [1.54, 1.807) is 6.20 Å². The molecule has 0 spiro atoms. The van der Waals surface area contributed by atoms with Crippen molar-refractivity contribution in [3.8, 4) is 5.82 Å². The van der Waals surface area contributed by atoms with Crippen LogP contribution in [-0.2, 0) is 6.18 Å². The first-order chi connectivity index (χ1) is 8.93. The van der Waals surface area contributed by atoms with Crippen LogP contribution >= 0.6 is 11.8 Å². The van der Waals surface area contributed by atoms with E-state index in [2.05, 4.69) is 10.1 Å². The largest absolute Gasteiger partial charge is 0.417 e. The smallest absolute Gasteiger partial charge is 0.383 e. The van der Waals surface area contributed by atoms with Gasteiger partial charge in [0.15, 0.2) is 5.82 Å². The molecule has 0 aliphatic heterocycles. The van der Waals surface area contributed by atoms with Gasteiger partial charge >= 0.3 is 6.18 Å². The van der Waals surface area contributed by atoms with E-state index in [0.717, 1.165) is 22.9 Å². The molecule has 0 bridgehead atoms. The predicted molar refractivity (Wildman–Crippen MR) is 67.2 cm³/mol. The van der Waals surface area contributed by atoms with Gasteiger partial charge in [0.2, 0.25) is 0 Å². The Kier molecular flexibility index (Phi) is 3.70. The van der Waals surface area contributed by atoms with Crippen LogP contribution in [0.4, 0.5) is 19.0 Å². The second kappa shape index (κ2) is 5.12. The summed E-state index contributed by atoms with van der Waals surface area (Å²) in [5.41, 5.74) is 5.06. The zero-order chi connectivity index (χ0) is 14.0. The van der Waals surface area contributed by atoms with Crippen molar-refractivity contribution in [1.29, 1.82) is 0 Å². The molecule has 0 fully saturated rings. The van der Waals surface area contributed by atoms with Gasteiger partial charge in [-0.05, 0) is 17.9 Å². The molecule has 8 heteroatoms. The summed E-state index contributed by atoms with van der Waals surface area (Å²) < 4.78 is 38.6. The number of nitrogens with two attached hydrogens (primary N) is 1. The highest BCUT2D eigenvalue weighted by Crippen LogP contribution is 2.30. The fourth-order valence-electron chi connectivity index (χ4n) is 1.47. The number of thioether (sulfide) groups is 1. The molecule has 2 aromatic heterocycles. The van der Waals surface area contributed by atoms with E-state index >= 15 is 0 Å². The third-order valence-electron chi connectivity index (χ3n) is 2.36. The summed E-state index contributed by atoms with van der Waals surface area (Å²) in [6.07, 6.45) is -2.06. The van der Waals surface area contributed by atoms with Crippen LogP contribution in [0.15, 0.2) is 29.4 Å². The maximum absolute atomic E-state index is 12.4. The number of anilines is 1. The van der Waals surface area contributed by atoms with Crippen molar-refractivity contribution >= 4 is 17.6 Å². The molecule has 2 rings (SSSR count). The Bertz CT molecular complexity index is 562. The molecule has 0 amide bonds. The van der Waals surface area contributed by atoms with Crippen LogP contribution in [0.2, 0.25) is 0 Å². The summed E-state index contributed by atoms with van der Waals surface area (Å²) in [5, 5.41) is 4.02. The number of pyridine rings is 1. The molecular weight excluding hydrogens is 277 g/mol. The van der Waals surface area contributed by atoms with Gasteiger partial charge in [-0.2, -0.15) is 23.0 Å². The standard InChI is InChI=1S/C11H11F3N4S/c1-2-19-8-6-17-18(10(8)15)9-4-3-7(5-16-9)11(12,13)14/h3-6H,2,15H2,1H3. The van der Waals surface area contributed by atoms with Crippen LogP contribution < -0.4 is 5.73 Å². The number of alkyl halides is 3. The van der Waals surface area contributed by atoms with Gasteiger partial charge in [0.1, 0.15) is 5.82 Å². The zero-order valence-electron chi connectivity index (χ0n) is 9.98. The summed E-state index contributed by atoms with van der Waals surface area (Å²) in [6, 6.07) is 2.20. The molecular formula is C11H11F3N4S. The Hall–Kier alpha value is -1.70. The monoisotopic (exact) mass is 288 g/mol. The first-order valence-corrected chi connectivity index (χ1v) is 6.42. The van der Waals surface area contributed by atoms with Gasteiger partial charge in [0.05, 0.1) is 16.7 Å². The fourth-order valence-corrected chi connectivity index (χ4v) is 2.14. The van der Waals surface area contributed by atoms with Crippen molar-refractivity contribution in [2.24, 2.45) is 0 Å². The lowest BCUT2D eigenvalue weighted by Gasteiger charge is -2.07. The lowest BCUT2D eigenvalue weighted by Crippen LogP contribution is -2.08. The van der Waals surface area contributed by atoms with E-state index in [9.17, 15) is 13.2 Å². The average molecular weight is 288 g/mol. The highest BCUT2D eigenvalue weighted by Gasteiger charge is 2.30. The SMILES string of the molecule is CCSc1cnn(-c2ccc(C(F)(F)F)cn2)c1N. The van der Waals surface area contributed by atoms with Gasteiger partial charge in [0, 0.05) is 6.20 Å². The van der Waals surface area contributed by atoms with E-state index < -0.39 is 11.7 Å². The number of nitrogen functional groups attached to an aromatic ring is 1. The van der Waals surface area contributed by atoms with E-state index in [4.69, 9.17) is 5.73 Å². The maximum Gasteiger partial charge on any atom is 0.417 e. The van der Waals surface area contributed by atoms with Crippen LogP contribution in [0.3, 0.4) is 0 Å². The molecule has 0 aromatic carbocycles. The second-order valence-electron chi connectivity index (χ2n) is 3.64. The van der Waals surface area contributed by atoms with Crippen LogP contribution in [0, 0.1) is 0 Å². The van der Waals surface area contributed by atoms with Gasteiger partial charge in [-0.3, -0.25) is 0 Å². The fraction of sp³-hybridized carbons (Fsp3) is 0.273. The summed E-state index contributed by atoms with van der Waals surface area (Å²) in [6.45, 7) is 1.97. The minimum atomic E-state index is -4.40. The van der Waals surface area contributed by atoms with Gasteiger partial charge in [0.25, 0.3) is 0 Å². The molecule has 19 heavy (non-hydrogen) atoms. The molecule has 0 aliphatic rings. The molecule has 4 nitrogen and oxygen atoms in total. The molecule has 0 atom stereocenters. The molecule has 0 aliphatic carbocycles. The number of halogens is 3. The topological polar surface area (TPSA) is 56.7 Å². The van der Waals surface area contributed by atoms with E-state index in [-0.39, 0.29) is 5.82 Å². The third kappa shape index (κ3) is 2.83. The quantitative estimate of drug-likeness (QED) is 0.882. The Morgan fingerprint density at radius 1 is 1.32 bits per heavy atom. The molecule has 0 saturated carbocycles. The van der Waals surface area contributed by atoms with Gasteiger partial charge in [-0.25, -0.2) is 4.98 Å². The summed E-state index contributed by atoms with van der Waals surface area (Å²) in [7, 11) is 0. The Morgan fingerprint density at radius 3 is 2.58 bits per heavy atom. The van der Waals surface area contributed by atoms with Crippen LogP contribution in [-0.4, -0.2) is 20.5 Å². The van der Waals surface area contributed by atoms with E-state index in [1.807, 2.05) is 6.92 Å². The van der Waals surface area contributed by atoms with Gasteiger partial charge in [-0.15, -0.1) is 11.8 Å². The molecule has 2 N–H and O–H groups in total. The van der Waals surface area contributed by atoms with Crippen LogP contribution in [0.1, 0.15) is 12.5 Å². The number of rotatable bonds is 3. The zero-order valence-corrected chi connectivity index (χ0v) is 10.8. The molecule has 2 aromatic rings. The Balaban J connectivity index is 2.32. The second-order valence-corrected chi connectivity index (χ2v) is 4.95. The minimum Gasteiger partial charge on any atom is -0.383 e. The Labute approximate surface area is 111 Å². The summed E-state index contributed by atoms with van der Waals surface area (Å²) in [5.74, 6) is 1.46. The summed E-state index contributed by atoms with van der Waals surface area (Å²) in [4.78, 5) is 4.52. The van der Waals surface area contributed by atoms with Crippen molar-refractivity contribution in [1.82, 2.24) is 14.8 Å². The molecule has 0 radical (unpaired) electrons. The molecule has 102 valence electrons. The first-order valence-electron chi connectivity index (χ1n) is 5.43. The predicted octanol–water partition coefficient (Wildman–Crippen LogP) is 2.98. The van der Waals surface area contributed by atoms with Crippen molar-refractivity contribution in [2.75, 3.05) is 11.5 Å². The molecule has 0 unspecified atom stereocenters. The number of nitrogens with zero attached hydrogens (tertiary/aromatic N) is 3. The van der Waals surface area contributed by atoms with Crippen molar-refractivity contribution in [3.63, 3.8) is 0 Å². The van der Waals surface area contributed by atoms with Crippen molar-refractivity contribution < 1.29 is 13.2 Å². The van der Waals surface area contributed by atoms with Crippen LogP contribution in [0.5, 0.6) is 0 Å². The normalized spacial score (nSPS) is 11.8. The number of aromatic nitrogens is 3. The average Bonchev–Trinajstić information content (AvgIpc) is 2.71. The Morgan fingerprint density at radius 2 is 2.05 bits per heavy atom. The van der Waals surface area contributed by atoms with Crippen LogP contribution in [0.25, 0.3) is 5.82 Å². The highest BCUT2D eigenvalue weighted by atomic mass is 32.2. The lowest BCUT2D eigenvalue weighted by molar-refractivity contribution is -0.137. The summed E-state index contributed by atoms with van der Waals surface area (Å²) >= 11 is 1.51. The third-order valence-corrected chi connectivity index (χ3v) is 3.28. The lowest BCUT2D eigenvalue weighted by atomic mass is 10.3. The maximum atomic E-state index is 12.4.